The monoisotopic (exact) mass is 395 g/mol. The fraction of sp³-hybridized carbons (Fsp3) is 0.667. The molecule has 5 heteroatoms. The molecule has 1 aliphatic carbocycles. The number of likely N-dealkylation sites (N-methyl/N-ethyl adjacent to an activating group) is 1. The first kappa shape index (κ1) is 19.1. The van der Waals surface area contributed by atoms with E-state index in [1.165, 1.54) is 5.56 Å². The van der Waals surface area contributed by atoms with Crippen LogP contribution in [-0.2, 0) is 16.0 Å². The second-order valence-corrected chi connectivity index (χ2v) is 10.1. The molecule has 3 aliphatic heterocycles. The van der Waals surface area contributed by atoms with Crippen molar-refractivity contribution in [2.45, 2.75) is 44.6 Å². The molecule has 29 heavy (non-hydrogen) atoms. The van der Waals surface area contributed by atoms with E-state index < -0.39 is 0 Å². The molecule has 1 atom stereocenters. The van der Waals surface area contributed by atoms with Gasteiger partial charge in [-0.3, -0.25) is 14.5 Å². The number of hydrogen-bond acceptors (Lipinski definition) is 3. The lowest BCUT2D eigenvalue weighted by atomic mass is 9.77. The highest BCUT2D eigenvalue weighted by atomic mass is 16.2. The summed E-state index contributed by atoms with van der Waals surface area (Å²) >= 11 is 0. The minimum Gasteiger partial charge on any atom is -0.341 e. The average Bonchev–Trinajstić information content (AvgIpc) is 3.49. The highest BCUT2D eigenvalue weighted by Gasteiger charge is 2.55. The van der Waals surface area contributed by atoms with E-state index in [1.54, 1.807) is 0 Å². The summed E-state index contributed by atoms with van der Waals surface area (Å²) in [6.07, 6.45) is 6.39. The number of amides is 2. The van der Waals surface area contributed by atoms with Gasteiger partial charge < -0.3 is 9.80 Å². The minimum atomic E-state index is -0.00106. The second-order valence-electron chi connectivity index (χ2n) is 10.1. The Morgan fingerprint density at radius 3 is 2.28 bits per heavy atom. The van der Waals surface area contributed by atoms with Gasteiger partial charge in [-0.2, -0.15) is 0 Å². The van der Waals surface area contributed by atoms with Gasteiger partial charge in [-0.25, -0.2) is 0 Å². The van der Waals surface area contributed by atoms with Crippen LogP contribution in [0.3, 0.4) is 0 Å². The third-order valence-electron chi connectivity index (χ3n) is 7.61. The van der Waals surface area contributed by atoms with E-state index >= 15 is 0 Å². The molecule has 1 spiro atoms. The topological polar surface area (TPSA) is 43.9 Å². The van der Waals surface area contributed by atoms with Crippen molar-refractivity contribution in [1.82, 2.24) is 14.7 Å². The number of hydrogen-bond donors (Lipinski definition) is 0. The standard InChI is InChI=1S/C24H33N3O2/c1-25-15-24(16-27(17-24)22(28)20-7-8-20)14-21(25)23(29)26-11-9-19(10-12-26)13-18-5-3-2-4-6-18/h2-6,19-21H,7-17H2,1H3. The van der Waals surface area contributed by atoms with E-state index in [0.717, 1.165) is 71.2 Å². The van der Waals surface area contributed by atoms with Crippen LogP contribution in [-0.4, -0.2) is 72.3 Å². The molecule has 4 aliphatic rings. The van der Waals surface area contributed by atoms with Crippen molar-refractivity contribution in [1.29, 1.82) is 0 Å². The van der Waals surface area contributed by atoms with Crippen molar-refractivity contribution in [2.75, 3.05) is 39.8 Å². The summed E-state index contributed by atoms with van der Waals surface area (Å²) < 4.78 is 0. The Kier molecular flexibility index (Phi) is 4.89. The number of rotatable bonds is 4. The number of carbonyl (C=O) groups excluding carboxylic acids is 2. The van der Waals surface area contributed by atoms with Crippen LogP contribution in [0.2, 0.25) is 0 Å². The molecule has 5 nitrogen and oxygen atoms in total. The number of carbonyl (C=O) groups is 2. The van der Waals surface area contributed by atoms with Crippen LogP contribution in [0.25, 0.3) is 0 Å². The third kappa shape index (κ3) is 3.81. The maximum absolute atomic E-state index is 13.2. The molecule has 156 valence electrons. The SMILES string of the molecule is CN1CC2(CC1C(=O)N1CCC(Cc3ccccc3)CC1)CN(C(=O)C1CC1)C2. The maximum Gasteiger partial charge on any atom is 0.239 e. The van der Waals surface area contributed by atoms with E-state index in [0.29, 0.717) is 23.7 Å². The summed E-state index contributed by atoms with van der Waals surface area (Å²) in [5.74, 6) is 1.66. The lowest BCUT2D eigenvalue weighted by Crippen LogP contribution is -2.59. The molecule has 2 amide bonds. The molecular formula is C24H33N3O2. The van der Waals surface area contributed by atoms with Gasteiger partial charge in [0, 0.05) is 44.1 Å². The van der Waals surface area contributed by atoms with Crippen LogP contribution in [0, 0.1) is 17.3 Å². The number of benzene rings is 1. The van der Waals surface area contributed by atoms with E-state index in [4.69, 9.17) is 0 Å². The summed E-state index contributed by atoms with van der Waals surface area (Å²) in [5, 5.41) is 0. The van der Waals surface area contributed by atoms with Gasteiger partial charge in [0.15, 0.2) is 0 Å². The van der Waals surface area contributed by atoms with Crippen molar-refractivity contribution in [3.05, 3.63) is 35.9 Å². The average molecular weight is 396 g/mol. The van der Waals surface area contributed by atoms with E-state index in [-0.39, 0.29) is 11.5 Å². The highest BCUT2D eigenvalue weighted by molar-refractivity contribution is 5.84. The van der Waals surface area contributed by atoms with Crippen LogP contribution in [0.1, 0.15) is 37.7 Å². The second kappa shape index (κ2) is 7.42. The third-order valence-corrected chi connectivity index (χ3v) is 7.61. The van der Waals surface area contributed by atoms with Gasteiger partial charge in [0.25, 0.3) is 0 Å². The Balaban J connectivity index is 1.12. The number of piperidine rings is 1. The zero-order valence-electron chi connectivity index (χ0n) is 17.6. The molecule has 3 heterocycles. The Morgan fingerprint density at radius 1 is 0.931 bits per heavy atom. The van der Waals surface area contributed by atoms with Crippen LogP contribution < -0.4 is 0 Å². The van der Waals surface area contributed by atoms with Crippen molar-refractivity contribution in [3.63, 3.8) is 0 Å². The van der Waals surface area contributed by atoms with Crippen LogP contribution in [0.4, 0.5) is 0 Å². The van der Waals surface area contributed by atoms with Gasteiger partial charge in [0.05, 0.1) is 6.04 Å². The first-order chi connectivity index (χ1) is 14.0. The number of nitrogens with zero attached hydrogens (tertiary/aromatic N) is 3. The Morgan fingerprint density at radius 2 is 1.62 bits per heavy atom. The molecular weight excluding hydrogens is 362 g/mol. The van der Waals surface area contributed by atoms with E-state index in [1.807, 2.05) is 4.90 Å². The molecule has 0 aromatic heterocycles. The molecule has 3 saturated heterocycles. The summed E-state index contributed by atoms with van der Waals surface area (Å²) in [6.45, 7) is 4.44. The molecule has 1 aromatic carbocycles. The van der Waals surface area contributed by atoms with Crippen molar-refractivity contribution in [3.8, 4) is 0 Å². The van der Waals surface area contributed by atoms with Crippen LogP contribution in [0.15, 0.2) is 30.3 Å². The van der Waals surface area contributed by atoms with Crippen molar-refractivity contribution < 1.29 is 9.59 Å². The Labute approximate surface area is 174 Å². The molecule has 4 fully saturated rings. The Bertz CT molecular complexity index is 762. The minimum absolute atomic E-state index is 0.00106. The van der Waals surface area contributed by atoms with Crippen LogP contribution in [0.5, 0.6) is 0 Å². The lowest BCUT2D eigenvalue weighted by Gasteiger charge is -2.48. The first-order valence-corrected chi connectivity index (χ1v) is 11.3. The zero-order valence-corrected chi connectivity index (χ0v) is 17.6. The lowest BCUT2D eigenvalue weighted by molar-refractivity contribution is -0.144. The molecule has 5 rings (SSSR count). The normalized spacial score (nSPS) is 27.3. The van der Waals surface area contributed by atoms with Crippen LogP contribution >= 0.6 is 0 Å². The predicted octanol–water partition coefficient (Wildman–Crippen LogP) is 2.41. The zero-order chi connectivity index (χ0) is 20.0. The molecule has 0 radical (unpaired) electrons. The van der Waals surface area contributed by atoms with Crippen molar-refractivity contribution >= 4 is 11.8 Å². The smallest absolute Gasteiger partial charge is 0.239 e. The van der Waals surface area contributed by atoms with Gasteiger partial charge in [-0.1, -0.05) is 30.3 Å². The fourth-order valence-corrected chi connectivity index (χ4v) is 5.80. The van der Waals surface area contributed by atoms with Gasteiger partial charge in [0.2, 0.25) is 11.8 Å². The van der Waals surface area contributed by atoms with E-state index in [9.17, 15) is 9.59 Å². The summed E-state index contributed by atoms with van der Waals surface area (Å²) in [6, 6.07) is 10.7. The molecule has 1 saturated carbocycles. The molecule has 1 aromatic rings. The van der Waals surface area contributed by atoms with Gasteiger partial charge >= 0.3 is 0 Å². The summed E-state index contributed by atoms with van der Waals surface area (Å²) in [5.41, 5.74) is 1.57. The molecule has 1 unspecified atom stereocenters. The summed E-state index contributed by atoms with van der Waals surface area (Å²) in [4.78, 5) is 31.9. The van der Waals surface area contributed by atoms with Gasteiger partial charge in [-0.15, -0.1) is 0 Å². The first-order valence-electron chi connectivity index (χ1n) is 11.3. The van der Waals surface area contributed by atoms with Gasteiger partial charge in [0.1, 0.15) is 0 Å². The summed E-state index contributed by atoms with van der Waals surface area (Å²) in [7, 11) is 2.09. The predicted molar refractivity (Wildman–Crippen MR) is 112 cm³/mol. The number of likely N-dealkylation sites (tertiary alicyclic amines) is 3. The molecule has 0 bridgehead atoms. The van der Waals surface area contributed by atoms with Gasteiger partial charge in [-0.05, 0) is 57.1 Å². The van der Waals surface area contributed by atoms with Crippen molar-refractivity contribution in [2.24, 2.45) is 17.3 Å². The highest BCUT2D eigenvalue weighted by Crippen LogP contribution is 2.45. The Hall–Kier alpha value is -1.88. The molecule has 0 N–H and O–H groups in total. The maximum atomic E-state index is 13.2. The van der Waals surface area contributed by atoms with E-state index in [2.05, 4.69) is 47.2 Å². The fourth-order valence-electron chi connectivity index (χ4n) is 5.80. The quantitative estimate of drug-likeness (QED) is 0.786. The largest absolute Gasteiger partial charge is 0.341 e.